The van der Waals surface area contributed by atoms with E-state index in [1.807, 2.05) is 12.3 Å². The van der Waals surface area contributed by atoms with E-state index in [1.54, 1.807) is 24.3 Å². The molecule has 0 radical (unpaired) electrons. The van der Waals surface area contributed by atoms with Gasteiger partial charge in [-0.05, 0) is 18.4 Å². The second kappa shape index (κ2) is 4.36. The first-order chi connectivity index (χ1) is 7.72. The summed E-state index contributed by atoms with van der Waals surface area (Å²) in [6, 6.07) is 8.84. The number of nitrogen functional groups attached to an aromatic ring is 1. The summed E-state index contributed by atoms with van der Waals surface area (Å²) in [5, 5.41) is 4.49. The van der Waals surface area contributed by atoms with Crippen molar-refractivity contribution >= 4 is 23.6 Å². The molecule has 2 rings (SSSR count). The highest BCUT2D eigenvalue weighted by molar-refractivity contribution is 7.98. The van der Waals surface area contributed by atoms with Crippen molar-refractivity contribution in [1.29, 1.82) is 0 Å². The fraction of sp³-hybridized carbons (Fsp3) is 0.100. The van der Waals surface area contributed by atoms with Crippen LogP contribution >= 0.6 is 11.8 Å². The molecule has 6 heteroatoms. The molecule has 0 unspecified atom stereocenters. The van der Waals surface area contributed by atoms with Gasteiger partial charge in [0.1, 0.15) is 0 Å². The summed E-state index contributed by atoms with van der Waals surface area (Å²) in [6.07, 6.45) is 1.83. The topological polar surface area (TPSA) is 73.8 Å². The van der Waals surface area contributed by atoms with Gasteiger partial charge in [-0.1, -0.05) is 30.0 Å². The van der Waals surface area contributed by atoms with Crippen LogP contribution in [0.4, 0.5) is 5.95 Å². The van der Waals surface area contributed by atoms with Crippen LogP contribution in [-0.2, 0) is 0 Å². The molecule has 0 saturated heterocycles. The molecule has 0 spiro atoms. The van der Waals surface area contributed by atoms with Crippen molar-refractivity contribution in [2.45, 2.75) is 5.16 Å². The quantitative estimate of drug-likeness (QED) is 0.792. The van der Waals surface area contributed by atoms with E-state index in [1.165, 1.54) is 11.8 Å². The molecule has 0 aliphatic rings. The third-order valence-electron chi connectivity index (χ3n) is 2.01. The standard InChI is InChI=1S/C10H10N4OS/c1-16-10-12-9(11)14(13-10)8(15)7-5-3-2-4-6-7/h2-6H,1H3,(H2,11,12,13). The van der Waals surface area contributed by atoms with E-state index >= 15 is 0 Å². The van der Waals surface area contributed by atoms with Crippen LogP contribution in [0.2, 0.25) is 0 Å². The van der Waals surface area contributed by atoms with E-state index in [2.05, 4.69) is 10.1 Å². The molecule has 5 nitrogen and oxygen atoms in total. The monoisotopic (exact) mass is 234 g/mol. The fourth-order valence-electron chi connectivity index (χ4n) is 1.24. The molecule has 0 bridgehead atoms. The number of hydrogen-bond donors (Lipinski definition) is 1. The molecule has 1 aromatic heterocycles. The van der Waals surface area contributed by atoms with E-state index in [0.29, 0.717) is 10.7 Å². The maximum absolute atomic E-state index is 12.0. The van der Waals surface area contributed by atoms with E-state index in [4.69, 9.17) is 5.73 Å². The first-order valence-corrected chi connectivity index (χ1v) is 5.81. The summed E-state index contributed by atoms with van der Waals surface area (Å²) in [4.78, 5) is 15.9. The molecule has 0 aliphatic carbocycles. The highest BCUT2D eigenvalue weighted by atomic mass is 32.2. The Kier molecular flexibility index (Phi) is 2.91. The van der Waals surface area contributed by atoms with E-state index in [0.717, 1.165) is 4.68 Å². The number of anilines is 1. The van der Waals surface area contributed by atoms with Gasteiger partial charge in [-0.2, -0.15) is 9.67 Å². The summed E-state index contributed by atoms with van der Waals surface area (Å²) in [5.41, 5.74) is 6.14. The van der Waals surface area contributed by atoms with Gasteiger partial charge in [0, 0.05) is 5.56 Å². The van der Waals surface area contributed by atoms with Crippen LogP contribution in [0.5, 0.6) is 0 Å². The largest absolute Gasteiger partial charge is 0.368 e. The smallest absolute Gasteiger partial charge is 0.281 e. The van der Waals surface area contributed by atoms with Crippen molar-refractivity contribution in [1.82, 2.24) is 14.8 Å². The van der Waals surface area contributed by atoms with Crippen molar-refractivity contribution in [2.24, 2.45) is 0 Å². The lowest BCUT2D eigenvalue weighted by atomic mass is 10.2. The average Bonchev–Trinajstić information content (AvgIpc) is 2.71. The number of thioether (sulfide) groups is 1. The lowest BCUT2D eigenvalue weighted by molar-refractivity contribution is 0.0946. The predicted molar refractivity (Wildman–Crippen MR) is 62.4 cm³/mol. The Balaban J connectivity index is 2.38. The van der Waals surface area contributed by atoms with Gasteiger partial charge in [0.25, 0.3) is 5.91 Å². The first-order valence-electron chi connectivity index (χ1n) is 4.58. The molecule has 0 amide bonds. The number of nitrogens with two attached hydrogens (primary N) is 1. The second-order valence-corrected chi connectivity index (χ2v) is 3.81. The Labute approximate surface area is 96.7 Å². The van der Waals surface area contributed by atoms with Crippen LogP contribution in [0.3, 0.4) is 0 Å². The average molecular weight is 234 g/mol. The van der Waals surface area contributed by atoms with Crippen molar-refractivity contribution in [3.8, 4) is 0 Å². The van der Waals surface area contributed by atoms with Crippen LogP contribution in [0.15, 0.2) is 35.5 Å². The van der Waals surface area contributed by atoms with Gasteiger partial charge in [0.2, 0.25) is 11.1 Å². The predicted octanol–water partition coefficient (Wildman–Crippen LogP) is 1.27. The highest BCUT2D eigenvalue weighted by Gasteiger charge is 2.14. The van der Waals surface area contributed by atoms with Gasteiger partial charge < -0.3 is 5.73 Å². The Bertz CT molecular complexity index is 509. The van der Waals surface area contributed by atoms with Gasteiger partial charge in [-0.3, -0.25) is 4.79 Å². The molecule has 0 saturated carbocycles. The third-order valence-corrected chi connectivity index (χ3v) is 2.55. The van der Waals surface area contributed by atoms with Crippen LogP contribution in [0.25, 0.3) is 0 Å². The van der Waals surface area contributed by atoms with Crippen LogP contribution in [0, 0.1) is 0 Å². The van der Waals surface area contributed by atoms with E-state index in [9.17, 15) is 4.79 Å². The molecular weight excluding hydrogens is 224 g/mol. The SMILES string of the molecule is CSc1nc(N)n(C(=O)c2ccccc2)n1. The van der Waals surface area contributed by atoms with Gasteiger partial charge in [-0.25, -0.2) is 0 Å². The van der Waals surface area contributed by atoms with Crippen LogP contribution in [0.1, 0.15) is 10.4 Å². The van der Waals surface area contributed by atoms with Gasteiger partial charge in [0.15, 0.2) is 0 Å². The van der Waals surface area contributed by atoms with Gasteiger partial charge in [0.05, 0.1) is 0 Å². The van der Waals surface area contributed by atoms with Crippen molar-refractivity contribution in [3.63, 3.8) is 0 Å². The number of aromatic nitrogens is 3. The number of carbonyl (C=O) groups excluding carboxylic acids is 1. The number of nitrogens with zero attached hydrogens (tertiary/aromatic N) is 3. The Morgan fingerprint density at radius 3 is 2.62 bits per heavy atom. The fourth-order valence-corrected chi connectivity index (χ4v) is 1.59. The summed E-state index contributed by atoms with van der Waals surface area (Å²) >= 11 is 1.34. The maximum Gasteiger partial charge on any atom is 0.281 e. The zero-order chi connectivity index (χ0) is 11.5. The Hall–Kier alpha value is -1.82. The normalized spacial score (nSPS) is 10.3. The number of rotatable bonds is 2. The zero-order valence-corrected chi connectivity index (χ0v) is 9.44. The lowest BCUT2D eigenvalue weighted by Crippen LogP contribution is -2.16. The molecule has 82 valence electrons. The van der Waals surface area contributed by atoms with Crippen molar-refractivity contribution < 1.29 is 4.79 Å². The van der Waals surface area contributed by atoms with Crippen LogP contribution < -0.4 is 5.73 Å². The first kappa shape index (κ1) is 10.7. The minimum Gasteiger partial charge on any atom is -0.368 e. The van der Waals surface area contributed by atoms with Crippen LogP contribution in [-0.4, -0.2) is 26.9 Å². The third kappa shape index (κ3) is 1.92. The van der Waals surface area contributed by atoms with Gasteiger partial charge in [-0.15, -0.1) is 5.10 Å². The molecule has 0 fully saturated rings. The second-order valence-electron chi connectivity index (χ2n) is 3.04. The summed E-state index contributed by atoms with van der Waals surface area (Å²) in [7, 11) is 0. The molecule has 1 heterocycles. The highest BCUT2D eigenvalue weighted by Crippen LogP contribution is 2.12. The summed E-state index contributed by atoms with van der Waals surface area (Å²) in [5.74, 6) is -0.163. The maximum atomic E-state index is 12.0. The number of carbonyl (C=O) groups is 1. The number of hydrogen-bond acceptors (Lipinski definition) is 5. The molecule has 2 N–H and O–H groups in total. The lowest BCUT2D eigenvalue weighted by Gasteiger charge is -2.00. The Morgan fingerprint density at radius 1 is 1.38 bits per heavy atom. The minimum atomic E-state index is -0.272. The van der Waals surface area contributed by atoms with E-state index in [-0.39, 0.29) is 11.9 Å². The van der Waals surface area contributed by atoms with Crippen molar-refractivity contribution in [2.75, 3.05) is 12.0 Å². The van der Waals surface area contributed by atoms with E-state index < -0.39 is 0 Å². The number of benzene rings is 1. The summed E-state index contributed by atoms with van der Waals surface area (Å²) in [6.45, 7) is 0. The Morgan fingerprint density at radius 2 is 2.06 bits per heavy atom. The minimum absolute atomic E-state index is 0.109. The molecular formula is C10H10N4OS. The molecule has 0 aliphatic heterocycles. The molecule has 16 heavy (non-hydrogen) atoms. The molecule has 1 aromatic carbocycles. The molecule has 2 aromatic rings. The van der Waals surface area contributed by atoms with Crippen molar-refractivity contribution in [3.05, 3.63) is 35.9 Å². The molecule has 0 atom stereocenters. The zero-order valence-electron chi connectivity index (χ0n) is 8.62. The van der Waals surface area contributed by atoms with Gasteiger partial charge >= 0.3 is 0 Å². The summed E-state index contributed by atoms with van der Waals surface area (Å²) < 4.78 is 1.11.